The summed E-state index contributed by atoms with van der Waals surface area (Å²) in [5, 5.41) is 15.1. The highest BCUT2D eigenvalue weighted by molar-refractivity contribution is 5.75. The molecule has 2 amide bonds. The third-order valence-electron chi connectivity index (χ3n) is 4.56. The molecule has 22 heavy (non-hydrogen) atoms. The molecule has 2 aliphatic rings. The minimum atomic E-state index is -0.264. The van der Waals surface area contributed by atoms with Crippen LogP contribution in [-0.2, 0) is 0 Å². The fourth-order valence-electron chi connectivity index (χ4n) is 2.99. The molecule has 5 heteroatoms. The number of carbonyl (C=O) groups excluding carboxylic acids is 1. The van der Waals surface area contributed by atoms with Crippen molar-refractivity contribution in [3.05, 3.63) is 35.6 Å². The van der Waals surface area contributed by atoms with Crippen LogP contribution in [0.25, 0.3) is 0 Å². The molecule has 0 radical (unpaired) electrons. The molecule has 0 aromatic heterocycles. The minimum Gasteiger partial charge on any atom is -0.396 e. The molecule has 1 aromatic carbocycles. The molecule has 3 rings (SSSR count). The first-order valence-corrected chi connectivity index (χ1v) is 8.10. The Morgan fingerprint density at radius 3 is 2.32 bits per heavy atom. The number of aliphatic hydroxyl groups excluding tert-OH is 1. The van der Waals surface area contributed by atoms with Gasteiger partial charge in [0.25, 0.3) is 0 Å². The van der Waals surface area contributed by atoms with E-state index in [-0.39, 0.29) is 30.5 Å². The van der Waals surface area contributed by atoms with Crippen molar-refractivity contribution in [1.82, 2.24) is 10.6 Å². The van der Waals surface area contributed by atoms with Crippen molar-refractivity contribution < 1.29 is 14.3 Å². The third kappa shape index (κ3) is 3.97. The van der Waals surface area contributed by atoms with Gasteiger partial charge < -0.3 is 15.7 Å². The Kier molecular flexibility index (Phi) is 4.62. The van der Waals surface area contributed by atoms with Gasteiger partial charge in [-0.2, -0.15) is 0 Å². The molecule has 0 aliphatic heterocycles. The molecule has 2 saturated carbocycles. The number of aliphatic hydroxyl groups is 1. The standard InChI is InChI=1S/C17H23FN2O2/c18-14-7-5-13(6-8-14)16(12-3-4-12)20-17(22)19-15(9-10-21)11-1-2-11/h5-8,11-12,15-16,21H,1-4,9-10H2,(H2,19,20,22)/t15-,16+/m1/s1. The average Bonchev–Trinajstić information content (AvgIpc) is 3.39. The zero-order valence-electron chi connectivity index (χ0n) is 12.6. The van der Waals surface area contributed by atoms with Crippen molar-refractivity contribution in [3.8, 4) is 0 Å². The number of urea groups is 1. The Hall–Kier alpha value is -1.62. The second-order valence-electron chi connectivity index (χ2n) is 6.44. The number of halogens is 1. The Bertz CT molecular complexity index is 512. The van der Waals surface area contributed by atoms with E-state index in [1.165, 1.54) is 12.1 Å². The van der Waals surface area contributed by atoms with Crippen LogP contribution in [0.3, 0.4) is 0 Å². The monoisotopic (exact) mass is 306 g/mol. The Morgan fingerprint density at radius 2 is 1.77 bits per heavy atom. The lowest BCUT2D eigenvalue weighted by molar-refractivity contribution is 0.220. The highest BCUT2D eigenvalue weighted by Gasteiger charge is 2.35. The summed E-state index contributed by atoms with van der Waals surface area (Å²) in [4.78, 5) is 12.3. The zero-order valence-corrected chi connectivity index (χ0v) is 12.6. The molecule has 1 aromatic rings. The maximum Gasteiger partial charge on any atom is 0.315 e. The number of nitrogens with one attached hydrogen (secondary N) is 2. The zero-order chi connectivity index (χ0) is 15.5. The SMILES string of the molecule is O=C(N[C@H](c1ccc(F)cc1)C1CC1)N[C@H](CCO)C1CC1. The summed E-state index contributed by atoms with van der Waals surface area (Å²) in [6, 6.07) is 6.15. The maximum atomic E-state index is 13.1. The van der Waals surface area contributed by atoms with Gasteiger partial charge in [0.1, 0.15) is 5.82 Å². The van der Waals surface area contributed by atoms with E-state index in [4.69, 9.17) is 5.11 Å². The van der Waals surface area contributed by atoms with Crippen molar-refractivity contribution in [2.45, 2.75) is 44.2 Å². The lowest BCUT2D eigenvalue weighted by atomic mass is 10.0. The van der Waals surface area contributed by atoms with Crippen molar-refractivity contribution >= 4 is 6.03 Å². The van der Waals surface area contributed by atoms with Crippen LogP contribution in [0.5, 0.6) is 0 Å². The van der Waals surface area contributed by atoms with Gasteiger partial charge in [0, 0.05) is 12.6 Å². The predicted octanol–water partition coefficient (Wildman–Crippen LogP) is 2.74. The van der Waals surface area contributed by atoms with Crippen LogP contribution >= 0.6 is 0 Å². The molecular weight excluding hydrogens is 283 g/mol. The predicted molar refractivity (Wildman–Crippen MR) is 81.7 cm³/mol. The Morgan fingerprint density at radius 1 is 1.14 bits per heavy atom. The lowest BCUT2D eigenvalue weighted by Gasteiger charge is -2.22. The maximum absolute atomic E-state index is 13.1. The summed E-state index contributed by atoms with van der Waals surface area (Å²) in [6.07, 6.45) is 5.02. The van der Waals surface area contributed by atoms with E-state index in [0.29, 0.717) is 18.3 Å². The normalized spacial score (nSPS) is 20.3. The highest BCUT2D eigenvalue weighted by atomic mass is 19.1. The molecule has 2 atom stereocenters. The second kappa shape index (κ2) is 6.65. The van der Waals surface area contributed by atoms with Crippen LogP contribution in [-0.4, -0.2) is 23.8 Å². The van der Waals surface area contributed by atoms with Gasteiger partial charge in [0.15, 0.2) is 0 Å². The van der Waals surface area contributed by atoms with Crippen molar-refractivity contribution in [1.29, 1.82) is 0 Å². The van der Waals surface area contributed by atoms with Crippen LogP contribution in [0.15, 0.2) is 24.3 Å². The third-order valence-corrected chi connectivity index (χ3v) is 4.56. The van der Waals surface area contributed by atoms with Gasteiger partial charge in [-0.1, -0.05) is 12.1 Å². The van der Waals surface area contributed by atoms with Crippen LogP contribution in [0.2, 0.25) is 0 Å². The minimum absolute atomic E-state index is 0.0538. The summed E-state index contributed by atoms with van der Waals surface area (Å²) in [6.45, 7) is 0.0888. The number of hydrogen-bond donors (Lipinski definition) is 3. The first-order chi connectivity index (χ1) is 10.7. The fraction of sp³-hybridized carbons (Fsp3) is 0.588. The number of carbonyl (C=O) groups is 1. The Labute approximate surface area is 130 Å². The molecule has 0 unspecified atom stereocenters. The van der Waals surface area contributed by atoms with E-state index in [9.17, 15) is 9.18 Å². The molecule has 0 saturated heterocycles. The van der Waals surface area contributed by atoms with Crippen molar-refractivity contribution in [3.63, 3.8) is 0 Å². The molecule has 120 valence electrons. The van der Waals surface area contributed by atoms with E-state index in [1.54, 1.807) is 12.1 Å². The lowest BCUT2D eigenvalue weighted by Crippen LogP contribution is -2.45. The topological polar surface area (TPSA) is 61.4 Å². The quantitative estimate of drug-likeness (QED) is 0.725. The molecule has 4 nitrogen and oxygen atoms in total. The van der Waals surface area contributed by atoms with Crippen molar-refractivity contribution in [2.24, 2.45) is 11.8 Å². The van der Waals surface area contributed by atoms with Gasteiger partial charge in [-0.15, -0.1) is 0 Å². The van der Waals surface area contributed by atoms with Gasteiger partial charge in [0.05, 0.1) is 6.04 Å². The molecule has 0 bridgehead atoms. The molecule has 3 N–H and O–H groups in total. The van der Waals surface area contributed by atoms with E-state index in [1.807, 2.05) is 0 Å². The van der Waals surface area contributed by atoms with Gasteiger partial charge in [-0.3, -0.25) is 0 Å². The van der Waals surface area contributed by atoms with Crippen molar-refractivity contribution in [2.75, 3.05) is 6.61 Å². The summed E-state index contributed by atoms with van der Waals surface area (Å²) in [5.74, 6) is 0.677. The Balaban J connectivity index is 1.60. The van der Waals surface area contributed by atoms with Crippen LogP contribution in [0, 0.1) is 17.7 Å². The van der Waals surface area contributed by atoms with E-state index < -0.39 is 0 Å². The molecule has 0 spiro atoms. The van der Waals surface area contributed by atoms with Crippen LogP contribution in [0.4, 0.5) is 9.18 Å². The summed E-state index contributed by atoms with van der Waals surface area (Å²) in [7, 11) is 0. The average molecular weight is 306 g/mol. The van der Waals surface area contributed by atoms with Gasteiger partial charge >= 0.3 is 6.03 Å². The highest BCUT2D eigenvalue weighted by Crippen LogP contribution is 2.41. The van der Waals surface area contributed by atoms with Gasteiger partial charge in [0.2, 0.25) is 0 Å². The van der Waals surface area contributed by atoms with E-state index in [2.05, 4.69) is 10.6 Å². The summed E-state index contributed by atoms with van der Waals surface area (Å²) >= 11 is 0. The molecule has 2 aliphatic carbocycles. The molecule has 2 fully saturated rings. The number of amides is 2. The van der Waals surface area contributed by atoms with Gasteiger partial charge in [-0.25, -0.2) is 9.18 Å². The first-order valence-electron chi connectivity index (χ1n) is 8.10. The van der Waals surface area contributed by atoms with Crippen LogP contribution in [0.1, 0.15) is 43.7 Å². The summed E-state index contributed by atoms with van der Waals surface area (Å²) < 4.78 is 13.1. The first kappa shape index (κ1) is 15.3. The largest absolute Gasteiger partial charge is 0.396 e. The smallest absolute Gasteiger partial charge is 0.315 e. The molecular formula is C17H23FN2O2. The van der Waals surface area contributed by atoms with Gasteiger partial charge in [-0.05, 0) is 61.6 Å². The second-order valence-corrected chi connectivity index (χ2v) is 6.44. The van der Waals surface area contributed by atoms with E-state index >= 15 is 0 Å². The fourth-order valence-corrected chi connectivity index (χ4v) is 2.99. The molecule has 0 heterocycles. The number of rotatable bonds is 7. The number of benzene rings is 1. The number of hydrogen-bond acceptors (Lipinski definition) is 2. The van der Waals surface area contributed by atoms with E-state index in [0.717, 1.165) is 31.2 Å². The summed E-state index contributed by atoms with van der Waals surface area (Å²) in [5.41, 5.74) is 0.948. The van der Waals surface area contributed by atoms with Crippen LogP contribution < -0.4 is 10.6 Å².